The van der Waals surface area contributed by atoms with Crippen LogP contribution in [0.5, 0.6) is 5.75 Å². The highest BCUT2D eigenvalue weighted by Crippen LogP contribution is 2.29. The minimum atomic E-state index is -0.395. The van der Waals surface area contributed by atoms with Gasteiger partial charge in [0.1, 0.15) is 5.75 Å². The number of likely N-dealkylation sites (tertiary alicyclic amines) is 1. The Kier molecular flexibility index (Phi) is 7.45. The number of hydrogen-bond donors (Lipinski definition) is 2. The van der Waals surface area contributed by atoms with E-state index in [2.05, 4.69) is 5.32 Å². The lowest BCUT2D eigenvalue weighted by molar-refractivity contribution is -0.133. The average Bonchev–Trinajstić information content (AvgIpc) is 2.61. The van der Waals surface area contributed by atoms with Crippen LogP contribution < -0.4 is 15.8 Å². The van der Waals surface area contributed by atoms with Gasteiger partial charge in [0.25, 0.3) is 0 Å². The maximum atomic E-state index is 12.8. The Labute approximate surface area is 156 Å². The van der Waals surface area contributed by atoms with E-state index in [0.29, 0.717) is 18.3 Å². The molecule has 1 aromatic carbocycles. The van der Waals surface area contributed by atoms with Crippen LogP contribution in [0.2, 0.25) is 0 Å². The van der Waals surface area contributed by atoms with Gasteiger partial charge in [0.05, 0.1) is 19.1 Å². The fraction of sp³-hybridized carbons (Fsp3) is 0.600. The number of ether oxygens (including phenoxy) is 1. The summed E-state index contributed by atoms with van der Waals surface area (Å²) in [6, 6.07) is 7.32. The molecule has 2 unspecified atom stereocenters. The molecular weight excluding hydrogens is 330 g/mol. The zero-order valence-corrected chi connectivity index (χ0v) is 16.0. The molecule has 2 rings (SSSR count). The summed E-state index contributed by atoms with van der Waals surface area (Å²) in [6.45, 7) is 7.39. The molecule has 0 spiro atoms. The van der Waals surface area contributed by atoms with Crippen molar-refractivity contribution in [3.05, 3.63) is 29.8 Å². The number of nitrogens with two attached hydrogens (primary N) is 1. The van der Waals surface area contributed by atoms with E-state index in [1.54, 1.807) is 0 Å². The van der Waals surface area contributed by atoms with Crippen molar-refractivity contribution in [2.24, 2.45) is 11.7 Å². The fourth-order valence-electron chi connectivity index (χ4n) is 3.52. The van der Waals surface area contributed by atoms with Gasteiger partial charge in [-0.05, 0) is 38.7 Å². The number of para-hydroxylation sites is 1. The molecule has 6 heteroatoms. The van der Waals surface area contributed by atoms with Gasteiger partial charge in [0.15, 0.2) is 0 Å². The second kappa shape index (κ2) is 9.57. The van der Waals surface area contributed by atoms with E-state index in [-0.39, 0.29) is 24.3 Å². The summed E-state index contributed by atoms with van der Waals surface area (Å²) in [5.41, 5.74) is 6.82. The summed E-state index contributed by atoms with van der Waals surface area (Å²) in [7, 11) is 0. The van der Waals surface area contributed by atoms with Crippen molar-refractivity contribution in [3.63, 3.8) is 0 Å². The largest absolute Gasteiger partial charge is 0.494 e. The summed E-state index contributed by atoms with van der Waals surface area (Å²) in [5.74, 6) is 1.07. The Bertz CT molecular complexity index is 610. The van der Waals surface area contributed by atoms with Crippen molar-refractivity contribution < 1.29 is 14.3 Å². The molecule has 2 atom stereocenters. The van der Waals surface area contributed by atoms with Crippen molar-refractivity contribution in [2.45, 2.75) is 52.1 Å². The van der Waals surface area contributed by atoms with Gasteiger partial charge < -0.3 is 20.7 Å². The molecule has 26 heavy (non-hydrogen) atoms. The Morgan fingerprint density at radius 3 is 2.54 bits per heavy atom. The lowest BCUT2D eigenvalue weighted by Gasteiger charge is -2.34. The van der Waals surface area contributed by atoms with Gasteiger partial charge in [-0.2, -0.15) is 0 Å². The summed E-state index contributed by atoms with van der Waals surface area (Å²) in [4.78, 5) is 26.4. The van der Waals surface area contributed by atoms with Crippen LogP contribution in [-0.2, 0) is 9.59 Å². The third kappa shape index (κ3) is 5.46. The van der Waals surface area contributed by atoms with E-state index in [9.17, 15) is 9.59 Å². The van der Waals surface area contributed by atoms with Crippen LogP contribution in [0, 0.1) is 5.92 Å². The van der Waals surface area contributed by atoms with Crippen molar-refractivity contribution in [1.82, 2.24) is 10.2 Å². The van der Waals surface area contributed by atoms with Gasteiger partial charge in [0.2, 0.25) is 11.8 Å². The Morgan fingerprint density at radius 1 is 1.31 bits per heavy atom. The summed E-state index contributed by atoms with van der Waals surface area (Å²) < 4.78 is 5.68. The molecule has 1 aliphatic heterocycles. The van der Waals surface area contributed by atoms with Crippen molar-refractivity contribution >= 4 is 11.8 Å². The molecule has 1 aliphatic rings. The highest BCUT2D eigenvalue weighted by atomic mass is 16.5. The van der Waals surface area contributed by atoms with E-state index in [1.165, 1.54) is 6.92 Å². The quantitative estimate of drug-likeness (QED) is 0.780. The molecule has 6 nitrogen and oxygen atoms in total. The molecule has 0 bridgehead atoms. The number of nitrogens with one attached hydrogen (secondary N) is 1. The number of hydrogen-bond acceptors (Lipinski definition) is 4. The molecule has 1 fully saturated rings. The molecule has 144 valence electrons. The average molecular weight is 361 g/mol. The number of carbonyl (C=O) groups excluding carboxylic acids is 2. The minimum absolute atomic E-state index is 0.0539. The predicted octanol–water partition coefficient (Wildman–Crippen LogP) is 2.24. The molecular formula is C20H31N3O3. The van der Waals surface area contributed by atoms with Crippen LogP contribution in [0.4, 0.5) is 0 Å². The molecule has 1 aromatic rings. The first-order chi connectivity index (χ1) is 12.4. The molecule has 2 amide bonds. The van der Waals surface area contributed by atoms with Gasteiger partial charge in [-0.25, -0.2) is 0 Å². The highest BCUT2D eigenvalue weighted by Gasteiger charge is 2.28. The van der Waals surface area contributed by atoms with Crippen LogP contribution in [0.25, 0.3) is 0 Å². The number of piperidine rings is 1. The summed E-state index contributed by atoms with van der Waals surface area (Å²) in [5, 5.41) is 2.91. The number of carbonyl (C=O) groups is 2. The van der Waals surface area contributed by atoms with Gasteiger partial charge in [0, 0.05) is 31.6 Å². The van der Waals surface area contributed by atoms with E-state index >= 15 is 0 Å². The molecule has 3 N–H and O–H groups in total. The lowest BCUT2D eigenvalue weighted by Crippen LogP contribution is -2.43. The molecule has 0 aromatic heterocycles. The third-order valence-corrected chi connectivity index (χ3v) is 4.99. The van der Waals surface area contributed by atoms with Gasteiger partial charge in [-0.3, -0.25) is 9.59 Å². The Balaban J connectivity index is 2.09. The Hall–Kier alpha value is -2.08. The normalized spacial score (nSPS) is 17.5. The number of nitrogens with zero attached hydrogens (tertiary/aromatic N) is 1. The highest BCUT2D eigenvalue weighted by molar-refractivity contribution is 5.79. The van der Waals surface area contributed by atoms with Crippen molar-refractivity contribution in [2.75, 3.05) is 19.7 Å². The second-order valence-electron chi connectivity index (χ2n) is 7.01. The fourth-order valence-corrected chi connectivity index (χ4v) is 3.52. The number of rotatable bonds is 7. The zero-order chi connectivity index (χ0) is 19.1. The standard InChI is InChI=1S/C20H31N3O3/c1-4-26-19-8-6-5-7-17(19)18(22-15(3)24)13-20(25)23-11-9-16(10-12-23)14(2)21/h5-8,14,16,18H,4,9-13,21H2,1-3H3,(H,22,24). The topological polar surface area (TPSA) is 84.7 Å². The molecule has 0 radical (unpaired) electrons. The second-order valence-corrected chi connectivity index (χ2v) is 7.01. The van der Waals surface area contributed by atoms with E-state index in [0.717, 1.165) is 31.5 Å². The summed E-state index contributed by atoms with van der Waals surface area (Å²) >= 11 is 0. The van der Waals surface area contributed by atoms with E-state index in [4.69, 9.17) is 10.5 Å². The van der Waals surface area contributed by atoms with E-state index < -0.39 is 6.04 Å². The first-order valence-electron chi connectivity index (χ1n) is 9.44. The van der Waals surface area contributed by atoms with Gasteiger partial charge >= 0.3 is 0 Å². The van der Waals surface area contributed by atoms with Gasteiger partial charge in [-0.15, -0.1) is 0 Å². The van der Waals surface area contributed by atoms with Crippen LogP contribution in [0.15, 0.2) is 24.3 Å². The first kappa shape index (κ1) is 20.2. The summed E-state index contributed by atoms with van der Waals surface area (Å²) in [6.07, 6.45) is 2.10. The van der Waals surface area contributed by atoms with Crippen LogP contribution in [0.1, 0.15) is 51.6 Å². The predicted molar refractivity (Wildman–Crippen MR) is 102 cm³/mol. The molecule has 0 aliphatic carbocycles. The monoisotopic (exact) mass is 361 g/mol. The SMILES string of the molecule is CCOc1ccccc1C(CC(=O)N1CCC(C(C)N)CC1)NC(C)=O. The third-order valence-electron chi connectivity index (χ3n) is 4.99. The lowest BCUT2D eigenvalue weighted by atomic mass is 9.90. The molecule has 0 saturated carbocycles. The molecule has 1 heterocycles. The van der Waals surface area contributed by atoms with Gasteiger partial charge in [-0.1, -0.05) is 18.2 Å². The van der Waals surface area contributed by atoms with E-state index in [1.807, 2.05) is 43.0 Å². The van der Waals surface area contributed by atoms with Crippen LogP contribution in [0.3, 0.4) is 0 Å². The van der Waals surface area contributed by atoms with Crippen molar-refractivity contribution in [1.29, 1.82) is 0 Å². The maximum absolute atomic E-state index is 12.8. The Morgan fingerprint density at radius 2 is 1.96 bits per heavy atom. The number of benzene rings is 1. The zero-order valence-electron chi connectivity index (χ0n) is 16.0. The van der Waals surface area contributed by atoms with Crippen LogP contribution in [-0.4, -0.2) is 42.5 Å². The minimum Gasteiger partial charge on any atom is -0.494 e. The maximum Gasteiger partial charge on any atom is 0.224 e. The first-order valence-corrected chi connectivity index (χ1v) is 9.44. The molecule has 1 saturated heterocycles. The van der Waals surface area contributed by atoms with Crippen molar-refractivity contribution in [3.8, 4) is 5.75 Å². The number of amides is 2. The smallest absolute Gasteiger partial charge is 0.224 e. The van der Waals surface area contributed by atoms with Crippen LogP contribution >= 0.6 is 0 Å².